The maximum Gasteiger partial charge on any atom is 0.407 e. The van der Waals surface area contributed by atoms with Crippen molar-refractivity contribution >= 4 is 6.09 Å². The third kappa shape index (κ3) is 6.26. The molecule has 134 valence electrons. The summed E-state index contributed by atoms with van der Waals surface area (Å²) in [7, 11) is 0. The maximum absolute atomic E-state index is 11.9. The van der Waals surface area contributed by atoms with Gasteiger partial charge >= 0.3 is 6.09 Å². The van der Waals surface area contributed by atoms with Crippen LogP contribution in [0.4, 0.5) is 4.79 Å². The van der Waals surface area contributed by atoms with Crippen molar-refractivity contribution < 1.29 is 18.7 Å². The van der Waals surface area contributed by atoms with Crippen LogP contribution in [0.5, 0.6) is 5.75 Å². The Kier molecular flexibility index (Phi) is 7.15. The van der Waals surface area contributed by atoms with Gasteiger partial charge in [0.05, 0.1) is 6.61 Å². The summed E-state index contributed by atoms with van der Waals surface area (Å²) in [5, 5.41) is 2.85. The lowest BCUT2D eigenvalue weighted by atomic mass is 9.96. The van der Waals surface area contributed by atoms with Crippen LogP contribution in [0.25, 0.3) is 0 Å². The largest absolute Gasteiger partial charge is 0.487 e. The first-order valence-electron chi connectivity index (χ1n) is 8.72. The van der Waals surface area contributed by atoms with E-state index in [2.05, 4.69) is 19.2 Å². The number of carbonyl (C=O) groups is 1. The van der Waals surface area contributed by atoms with Gasteiger partial charge in [-0.15, -0.1) is 0 Å². The molecule has 0 bridgehead atoms. The second-order valence-corrected chi connectivity index (χ2v) is 6.66. The van der Waals surface area contributed by atoms with Gasteiger partial charge in [-0.25, -0.2) is 4.79 Å². The van der Waals surface area contributed by atoms with Gasteiger partial charge in [0.15, 0.2) is 6.61 Å². The van der Waals surface area contributed by atoms with Gasteiger partial charge in [-0.05, 0) is 25.2 Å². The Morgan fingerprint density at radius 2 is 2.08 bits per heavy atom. The summed E-state index contributed by atoms with van der Waals surface area (Å²) in [4.78, 5) is 23.7. The number of hydrogen-bond donors (Lipinski definition) is 1. The van der Waals surface area contributed by atoms with Crippen molar-refractivity contribution in [3.63, 3.8) is 0 Å². The van der Waals surface area contributed by atoms with E-state index < -0.39 is 6.09 Å². The molecule has 1 aromatic heterocycles. The van der Waals surface area contributed by atoms with Crippen LogP contribution in [0.3, 0.4) is 0 Å². The summed E-state index contributed by atoms with van der Waals surface area (Å²) >= 11 is 0. The van der Waals surface area contributed by atoms with Crippen molar-refractivity contribution in [2.75, 3.05) is 6.61 Å². The third-order valence-corrected chi connectivity index (χ3v) is 4.08. The van der Waals surface area contributed by atoms with Gasteiger partial charge in [0, 0.05) is 12.1 Å². The normalized spacial score (nSPS) is 15.3. The zero-order valence-electron chi connectivity index (χ0n) is 14.5. The highest BCUT2D eigenvalue weighted by Crippen LogP contribution is 2.17. The Balaban J connectivity index is 1.77. The lowest BCUT2D eigenvalue weighted by Gasteiger charge is -2.22. The fourth-order valence-electron chi connectivity index (χ4n) is 2.62. The molecule has 0 radical (unpaired) electrons. The first kappa shape index (κ1) is 18.4. The molecule has 1 N–H and O–H groups in total. The molecule has 0 saturated heterocycles. The molecule has 24 heavy (non-hydrogen) atoms. The van der Waals surface area contributed by atoms with Crippen LogP contribution in [0, 0.1) is 5.92 Å². The van der Waals surface area contributed by atoms with Crippen LogP contribution in [0.15, 0.2) is 21.5 Å². The van der Waals surface area contributed by atoms with Gasteiger partial charge in [0.25, 0.3) is 0 Å². The molecule has 1 amide bonds. The molecule has 1 aliphatic carbocycles. The van der Waals surface area contributed by atoms with Crippen molar-refractivity contribution in [1.29, 1.82) is 0 Å². The number of hydrogen-bond acceptors (Lipinski definition) is 5. The first-order valence-corrected chi connectivity index (χ1v) is 8.72. The number of rotatable bonds is 7. The monoisotopic (exact) mass is 337 g/mol. The summed E-state index contributed by atoms with van der Waals surface area (Å²) in [5.74, 6) is 0.994. The van der Waals surface area contributed by atoms with Gasteiger partial charge in [-0.3, -0.25) is 4.79 Å². The van der Waals surface area contributed by atoms with Crippen LogP contribution >= 0.6 is 0 Å². The number of amides is 1. The van der Waals surface area contributed by atoms with Crippen molar-refractivity contribution in [3.05, 3.63) is 28.3 Å². The molecule has 1 heterocycles. The zero-order valence-corrected chi connectivity index (χ0v) is 14.5. The van der Waals surface area contributed by atoms with E-state index in [9.17, 15) is 9.59 Å². The van der Waals surface area contributed by atoms with Crippen molar-refractivity contribution in [3.8, 4) is 5.75 Å². The van der Waals surface area contributed by atoms with Gasteiger partial charge in [-0.1, -0.05) is 33.1 Å². The van der Waals surface area contributed by atoms with Gasteiger partial charge in [0.1, 0.15) is 12.0 Å². The number of carbonyl (C=O) groups excluding carboxylic acids is 1. The summed E-state index contributed by atoms with van der Waals surface area (Å²) in [6.45, 7) is 4.58. The quantitative estimate of drug-likeness (QED) is 0.822. The van der Waals surface area contributed by atoms with Crippen molar-refractivity contribution in [1.82, 2.24) is 5.32 Å². The smallest absolute Gasteiger partial charge is 0.407 e. The standard InChI is InChI=1S/C18H27NO5/c1-13(2)8-9-22-17-12-23-15(10-16(17)20)11-24-18(21)19-14-6-4-3-5-7-14/h10,12-14H,3-9,11H2,1-2H3,(H,19,21). The molecule has 1 saturated carbocycles. The van der Waals surface area contributed by atoms with Gasteiger partial charge < -0.3 is 19.2 Å². The van der Waals surface area contributed by atoms with Gasteiger partial charge in [-0.2, -0.15) is 0 Å². The van der Waals surface area contributed by atoms with Crippen molar-refractivity contribution in [2.45, 2.75) is 65.0 Å². The number of nitrogens with one attached hydrogen (secondary N) is 1. The van der Waals surface area contributed by atoms with Crippen molar-refractivity contribution in [2.24, 2.45) is 5.92 Å². The van der Waals surface area contributed by atoms with Crippen LogP contribution in [0.1, 0.15) is 58.1 Å². The summed E-state index contributed by atoms with van der Waals surface area (Å²) in [5.41, 5.74) is -0.267. The lowest BCUT2D eigenvalue weighted by molar-refractivity contribution is 0.124. The van der Waals surface area contributed by atoms with Crippen LogP contribution in [0.2, 0.25) is 0 Å². The van der Waals surface area contributed by atoms with Crippen LogP contribution in [-0.2, 0) is 11.3 Å². The number of alkyl carbamates (subject to hydrolysis) is 1. The molecule has 0 spiro atoms. The highest BCUT2D eigenvalue weighted by molar-refractivity contribution is 5.67. The van der Waals surface area contributed by atoms with E-state index in [1.54, 1.807) is 0 Å². The molecule has 0 aliphatic heterocycles. The van der Waals surface area contributed by atoms with E-state index in [0.29, 0.717) is 18.3 Å². The average Bonchev–Trinajstić information content (AvgIpc) is 2.55. The first-order chi connectivity index (χ1) is 11.5. The molecule has 2 rings (SSSR count). The minimum Gasteiger partial charge on any atom is -0.487 e. The molecule has 0 unspecified atom stereocenters. The molecule has 1 aliphatic rings. The van der Waals surface area contributed by atoms with E-state index in [-0.39, 0.29) is 23.8 Å². The second-order valence-electron chi connectivity index (χ2n) is 6.66. The molecule has 0 atom stereocenters. The SMILES string of the molecule is CC(C)CCOc1coc(COC(=O)NC2CCCCC2)cc1=O. The maximum atomic E-state index is 11.9. The predicted molar refractivity (Wildman–Crippen MR) is 90.1 cm³/mol. The minimum absolute atomic E-state index is 0.0694. The Morgan fingerprint density at radius 3 is 2.75 bits per heavy atom. The minimum atomic E-state index is -0.471. The Bertz CT molecular complexity index is 575. The Labute approximate surface area is 142 Å². The fraction of sp³-hybridized carbons (Fsp3) is 0.667. The van der Waals surface area contributed by atoms with E-state index in [1.807, 2.05) is 0 Å². The van der Waals surface area contributed by atoms with Crippen LogP contribution in [-0.4, -0.2) is 18.7 Å². The average molecular weight is 337 g/mol. The zero-order chi connectivity index (χ0) is 17.4. The highest BCUT2D eigenvalue weighted by atomic mass is 16.6. The molecule has 6 heteroatoms. The van der Waals surface area contributed by atoms with E-state index in [4.69, 9.17) is 13.9 Å². The molecular formula is C18H27NO5. The van der Waals surface area contributed by atoms with Gasteiger partial charge in [0.2, 0.25) is 11.2 Å². The van der Waals surface area contributed by atoms with E-state index >= 15 is 0 Å². The highest BCUT2D eigenvalue weighted by Gasteiger charge is 2.16. The second kappa shape index (κ2) is 9.35. The van der Waals surface area contributed by atoms with E-state index in [0.717, 1.165) is 32.1 Å². The Hall–Kier alpha value is -1.98. The predicted octanol–water partition coefficient (Wildman–Crippen LogP) is 3.62. The van der Waals surface area contributed by atoms with Crippen LogP contribution < -0.4 is 15.5 Å². The molecule has 1 fully saturated rings. The summed E-state index contributed by atoms with van der Waals surface area (Å²) in [6, 6.07) is 1.49. The lowest BCUT2D eigenvalue weighted by Crippen LogP contribution is -2.36. The third-order valence-electron chi connectivity index (χ3n) is 4.08. The fourth-order valence-corrected chi connectivity index (χ4v) is 2.62. The molecule has 0 aromatic carbocycles. The Morgan fingerprint density at radius 1 is 1.33 bits per heavy atom. The number of ether oxygens (including phenoxy) is 2. The van der Waals surface area contributed by atoms with E-state index in [1.165, 1.54) is 18.8 Å². The molecule has 6 nitrogen and oxygen atoms in total. The summed E-state index contributed by atoms with van der Waals surface area (Å²) in [6.07, 6.45) is 7.16. The molecule has 1 aromatic rings. The topological polar surface area (TPSA) is 77.8 Å². The molecular weight excluding hydrogens is 310 g/mol. The summed E-state index contributed by atoms with van der Waals surface area (Å²) < 4.78 is 15.8.